The molecule has 4 nitrogen and oxygen atoms in total. The zero-order valence-electron chi connectivity index (χ0n) is 11.7. The number of benzene rings is 1. The molecule has 2 fully saturated rings. The standard InChI is InChI=1S/C15H16ClFN2O2/c1-2-12-14(20)18-5-3-4-13(18)15(21)19(12)11-7-9(16)6-10(17)8-11/h6-8,12-13H,2-5H2,1H3. The molecule has 2 unspecified atom stereocenters. The number of rotatable bonds is 2. The SMILES string of the molecule is CCC1C(=O)N2CCCC2C(=O)N1c1cc(F)cc(Cl)c1. The van der Waals surface area contributed by atoms with Crippen LogP contribution in [0.4, 0.5) is 10.1 Å². The van der Waals surface area contributed by atoms with E-state index < -0.39 is 17.9 Å². The molecule has 0 bridgehead atoms. The van der Waals surface area contributed by atoms with E-state index in [-0.39, 0.29) is 16.8 Å². The fourth-order valence-electron chi connectivity index (χ4n) is 3.25. The van der Waals surface area contributed by atoms with E-state index in [1.165, 1.54) is 23.1 Å². The molecule has 2 heterocycles. The summed E-state index contributed by atoms with van der Waals surface area (Å²) in [6.07, 6.45) is 1.98. The van der Waals surface area contributed by atoms with Gasteiger partial charge in [-0.25, -0.2) is 4.39 Å². The Balaban J connectivity index is 2.05. The molecule has 2 aliphatic heterocycles. The zero-order chi connectivity index (χ0) is 15.1. The molecule has 2 saturated heterocycles. The number of fused-ring (bicyclic) bond motifs is 1. The summed E-state index contributed by atoms with van der Waals surface area (Å²) >= 11 is 5.88. The van der Waals surface area contributed by atoms with E-state index in [2.05, 4.69) is 0 Å². The topological polar surface area (TPSA) is 40.6 Å². The number of carbonyl (C=O) groups is 2. The number of hydrogen-bond donors (Lipinski definition) is 0. The summed E-state index contributed by atoms with van der Waals surface area (Å²) in [7, 11) is 0. The molecule has 2 aliphatic rings. The van der Waals surface area contributed by atoms with Crippen molar-refractivity contribution in [1.29, 1.82) is 0 Å². The van der Waals surface area contributed by atoms with Crippen LogP contribution in [0.1, 0.15) is 26.2 Å². The summed E-state index contributed by atoms with van der Waals surface area (Å²) in [5.74, 6) is -0.706. The highest BCUT2D eigenvalue weighted by atomic mass is 35.5. The number of carbonyl (C=O) groups excluding carboxylic acids is 2. The highest BCUT2D eigenvalue weighted by Crippen LogP contribution is 2.33. The van der Waals surface area contributed by atoms with Crippen LogP contribution in [0, 0.1) is 5.82 Å². The Labute approximate surface area is 127 Å². The third-order valence-corrected chi connectivity index (χ3v) is 4.39. The predicted octanol–water partition coefficient (Wildman–Crippen LogP) is 2.60. The van der Waals surface area contributed by atoms with Gasteiger partial charge in [0.05, 0.1) is 0 Å². The van der Waals surface area contributed by atoms with Crippen molar-refractivity contribution < 1.29 is 14.0 Å². The first-order valence-corrected chi connectivity index (χ1v) is 7.50. The van der Waals surface area contributed by atoms with Gasteiger partial charge in [-0.05, 0) is 37.5 Å². The van der Waals surface area contributed by atoms with E-state index in [9.17, 15) is 14.0 Å². The smallest absolute Gasteiger partial charge is 0.250 e. The molecule has 0 aliphatic carbocycles. The molecule has 2 atom stereocenters. The fourth-order valence-corrected chi connectivity index (χ4v) is 3.46. The van der Waals surface area contributed by atoms with Crippen LogP contribution >= 0.6 is 11.6 Å². The Morgan fingerprint density at radius 1 is 1.29 bits per heavy atom. The van der Waals surface area contributed by atoms with E-state index in [0.29, 0.717) is 25.1 Å². The highest BCUT2D eigenvalue weighted by Gasteiger charge is 2.47. The highest BCUT2D eigenvalue weighted by molar-refractivity contribution is 6.31. The molecule has 6 heteroatoms. The van der Waals surface area contributed by atoms with Crippen LogP contribution in [0.5, 0.6) is 0 Å². The van der Waals surface area contributed by atoms with Crippen LogP contribution in [0.25, 0.3) is 0 Å². The normalized spacial score (nSPS) is 25.5. The molecule has 0 radical (unpaired) electrons. The van der Waals surface area contributed by atoms with E-state index in [1.54, 1.807) is 4.90 Å². The largest absolute Gasteiger partial charge is 0.329 e. The lowest BCUT2D eigenvalue weighted by atomic mass is 10.0. The molecular formula is C15H16ClFN2O2. The zero-order valence-corrected chi connectivity index (χ0v) is 12.4. The third-order valence-electron chi connectivity index (χ3n) is 4.17. The summed E-state index contributed by atoms with van der Waals surface area (Å²) in [5, 5.41) is 0.217. The lowest BCUT2D eigenvalue weighted by Crippen LogP contribution is -2.63. The van der Waals surface area contributed by atoms with Crippen molar-refractivity contribution in [2.75, 3.05) is 11.4 Å². The van der Waals surface area contributed by atoms with Gasteiger partial charge in [-0.15, -0.1) is 0 Å². The summed E-state index contributed by atoms with van der Waals surface area (Å²) in [6, 6.07) is 2.98. The second-order valence-electron chi connectivity index (χ2n) is 5.45. The lowest BCUT2D eigenvalue weighted by molar-refractivity contribution is -0.144. The lowest BCUT2D eigenvalue weighted by Gasteiger charge is -2.42. The first kappa shape index (κ1) is 14.3. The molecule has 2 amide bonds. The van der Waals surface area contributed by atoms with Crippen LogP contribution in [0.2, 0.25) is 5.02 Å². The van der Waals surface area contributed by atoms with Crippen LogP contribution in [0.3, 0.4) is 0 Å². The van der Waals surface area contributed by atoms with Gasteiger partial charge in [-0.3, -0.25) is 14.5 Å². The minimum absolute atomic E-state index is 0.0556. The minimum atomic E-state index is -0.579. The Morgan fingerprint density at radius 3 is 2.71 bits per heavy atom. The minimum Gasteiger partial charge on any atom is -0.329 e. The van der Waals surface area contributed by atoms with Crippen molar-refractivity contribution in [1.82, 2.24) is 4.90 Å². The van der Waals surface area contributed by atoms with Crippen molar-refractivity contribution in [3.63, 3.8) is 0 Å². The summed E-state index contributed by atoms with van der Waals surface area (Å²) < 4.78 is 13.6. The van der Waals surface area contributed by atoms with Gasteiger partial charge in [-0.1, -0.05) is 18.5 Å². The number of nitrogens with zero attached hydrogens (tertiary/aromatic N) is 2. The first-order valence-electron chi connectivity index (χ1n) is 7.12. The quantitative estimate of drug-likeness (QED) is 0.842. The van der Waals surface area contributed by atoms with E-state index >= 15 is 0 Å². The second-order valence-corrected chi connectivity index (χ2v) is 5.89. The molecule has 0 saturated carbocycles. The maximum Gasteiger partial charge on any atom is 0.250 e. The number of anilines is 1. The molecule has 1 aromatic carbocycles. The monoisotopic (exact) mass is 310 g/mol. The number of piperazine rings is 1. The van der Waals surface area contributed by atoms with Crippen molar-refractivity contribution in [2.24, 2.45) is 0 Å². The van der Waals surface area contributed by atoms with E-state index in [4.69, 9.17) is 11.6 Å². The molecule has 0 spiro atoms. The fraction of sp³-hybridized carbons (Fsp3) is 0.467. The Hall–Kier alpha value is -1.62. The van der Waals surface area contributed by atoms with Gasteiger partial charge in [0.25, 0.3) is 5.91 Å². The third kappa shape index (κ3) is 2.29. The Morgan fingerprint density at radius 2 is 2.05 bits per heavy atom. The maximum absolute atomic E-state index is 13.6. The van der Waals surface area contributed by atoms with E-state index in [0.717, 1.165) is 6.42 Å². The van der Waals surface area contributed by atoms with Gasteiger partial charge in [0, 0.05) is 17.3 Å². The van der Waals surface area contributed by atoms with Gasteiger partial charge in [0.2, 0.25) is 5.91 Å². The van der Waals surface area contributed by atoms with Gasteiger partial charge < -0.3 is 4.90 Å². The van der Waals surface area contributed by atoms with Gasteiger partial charge in [0.1, 0.15) is 17.9 Å². The van der Waals surface area contributed by atoms with Crippen LogP contribution in [-0.2, 0) is 9.59 Å². The summed E-state index contributed by atoms with van der Waals surface area (Å²) in [6.45, 7) is 2.48. The molecule has 3 rings (SSSR count). The Kier molecular flexibility index (Phi) is 3.61. The van der Waals surface area contributed by atoms with Gasteiger partial charge in [-0.2, -0.15) is 0 Å². The number of halogens is 2. The van der Waals surface area contributed by atoms with Crippen molar-refractivity contribution in [2.45, 2.75) is 38.3 Å². The van der Waals surface area contributed by atoms with Crippen molar-refractivity contribution in [3.8, 4) is 0 Å². The average Bonchev–Trinajstić information content (AvgIpc) is 2.91. The van der Waals surface area contributed by atoms with Crippen molar-refractivity contribution >= 4 is 29.1 Å². The van der Waals surface area contributed by atoms with Crippen LogP contribution in [-0.4, -0.2) is 35.3 Å². The molecule has 0 aromatic heterocycles. The summed E-state index contributed by atoms with van der Waals surface area (Å²) in [5.41, 5.74) is 0.358. The van der Waals surface area contributed by atoms with Crippen molar-refractivity contribution in [3.05, 3.63) is 29.0 Å². The van der Waals surface area contributed by atoms with Gasteiger partial charge >= 0.3 is 0 Å². The number of hydrogen-bond acceptors (Lipinski definition) is 2. The second kappa shape index (κ2) is 5.30. The van der Waals surface area contributed by atoms with Gasteiger partial charge in [0.15, 0.2) is 0 Å². The average molecular weight is 311 g/mol. The first-order chi connectivity index (χ1) is 10.0. The molecule has 112 valence electrons. The molecule has 21 heavy (non-hydrogen) atoms. The van der Waals surface area contributed by atoms with E-state index in [1.807, 2.05) is 6.92 Å². The molecular weight excluding hydrogens is 295 g/mol. The molecule has 0 N–H and O–H groups in total. The van der Waals surface area contributed by atoms with Crippen LogP contribution in [0.15, 0.2) is 18.2 Å². The van der Waals surface area contributed by atoms with Crippen LogP contribution < -0.4 is 4.90 Å². The molecule has 1 aromatic rings. The summed E-state index contributed by atoms with van der Waals surface area (Å²) in [4.78, 5) is 28.3. The Bertz CT molecular complexity index is 587. The predicted molar refractivity (Wildman–Crippen MR) is 77.7 cm³/mol. The maximum atomic E-state index is 13.6. The number of amides is 2.